The predicted molar refractivity (Wildman–Crippen MR) is 69.8 cm³/mol. The molecule has 0 saturated heterocycles. The minimum atomic E-state index is -0.345. The van der Waals surface area contributed by atoms with Gasteiger partial charge in [0.15, 0.2) is 0 Å². The first-order valence-electron chi connectivity index (χ1n) is 6.53. The molecule has 1 aliphatic carbocycles. The van der Waals surface area contributed by atoms with Crippen LogP contribution in [0, 0.1) is 0 Å². The number of carbonyl (C=O) groups excluding carboxylic acids is 1. The molecule has 4 heteroatoms. The summed E-state index contributed by atoms with van der Waals surface area (Å²) in [5, 5.41) is 15.6. The molecule has 3 rings (SSSR count). The second kappa shape index (κ2) is 4.28. The van der Waals surface area contributed by atoms with Gasteiger partial charge in [-0.05, 0) is 43.4 Å². The Labute approximate surface area is 106 Å². The van der Waals surface area contributed by atoms with Crippen molar-refractivity contribution in [2.45, 2.75) is 31.2 Å². The summed E-state index contributed by atoms with van der Waals surface area (Å²) >= 11 is 0. The number of hydrogen-bond donors (Lipinski definition) is 3. The van der Waals surface area contributed by atoms with Crippen LogP contribution >= 0.6 is 0 Å². The van der Waals surface area contributed by atoms with E-state index in [1.54, 1.807) is 0 Å². The summed E-state index contributed by atoms with van der Waals surface area (Å²) < 4.78 is 0. The first kappa shape index (κ1) is 11.5. The van der Waals surface area contributed by atoms with Crippen LogP contribution in [-0.4, -0.2) is 29.7 Å². The molecule has 0 spiro atoms. The van der Waals surface area contributed by atoms with E-state index < -0.39 is 0 Å². The molecule has 1 fully saturated rings. The molecule has 18 heavy (non-hydrogen) atoms. The van der Waals surface area contributed by atoms with Crippen LogP contribution in [0.5, 0.6) is 0 Å². The van der Waals surface area contributed by atoms with Gasteiger partial charge in [-0.25, -0.2) is 0 Å². The Morgan fingerprint density at radius 1 is 1.44 bits per heavy atom. The van der Waals surface area contributed by atoms with E-state index in [1.807, 2.05) is 18.2 Å². The molecule has 0 atom stereocenters. The van der Waals surface area contributed by atoms with Gasteiger partial charge in [0.25, 0.3) is 5.91 Å². The summed E-state index contributed by atoms with van der Waals surface area (Å²) in [6.07, 6.45) is 3.76. The highest BCUT2D eigenvalue weighted by molar-refractivity contribution is 5.98. The van der Waals surface area contributed by atoms with E-state index in [2.05, 4.69) is 10.6 Å². The van der Waals surface area contributed by atoms with E-state index in [0.29, 0.717) is 0 Å². The quantitative estimate of drug-likeness (QED) is 0.753. The number of anilines is 1. The SMILES string of the molecule is O=C(NC1(CO)CC1)c1cccc2c1CCCN2. The molecule has 1 saturated carbocycles. The van der Waals surface area contributed by atoms with Gasteiger partial charge in [-0.1, -0.05) is 6.07 Å². The van der Waals surface area contributed by atoms with Crippen LogP contribution in [0.3, 0.4) is 0 Å². The molecule has 0 bridgehead atoms. The summed E-state index contributed by atoms with van der Waals surface area (Å²) in [6, 6.07) is 5.80. The van der Waals surface area contributed by atoms with Crippen LogP contribution < -0.4 is 10.6 Å². The molecule has 0 radical (unpaired) electrons. The third-order valence-corrected chi connectivity index (χ3v) is 3.87. The smallest absolute Gasteiger partial charge is 0.252 e. The lowest BCUT2D eigenvalue weighted by molar-refractivity contribution is 0.0906. The lowest BCUT2D eigenvalue weighted by Gasteiger charge is -2.22. The summed E-state index contributed by atoms with van der Waals surface area (Å²) in [7, 11) is 0. The Bertz CT molecular complexity index is 481. The fourth-order valence-corrected chi connectivity index (χ4v) is 2.50. The Morgan fingerprint density at radius 3 is 3.00 bits per heavy atom. The molecule has 96 valence electrons. The van der Waals surface area contributed by atoms with Gasteiger partial charge in [-0.15, -0.1) is 0 Å². The normalized spacial score (nSPS) is 19.6. The van der Waals surface area contributed by atoms with E-state index in [-0.39, 0.29) is 18.1 Å². The topological polar surface area (TPSA) is 61.4 Å². The van der Waals surface area contributed by atoms with Crippen LogP contribution in [-0.2, 0) is 6.42 Å². The Balaban J connectivity index is 1.85. The molecule has 1 amide bonds. The number of aliphatic hydroxyl groups is 1. The van der Waals surface area contributed by atoms with Crippen molar-refractivity contribution in [2.24, 2.45) is 0 Å². The molecule has 0 aromatic heterocycles. The largest absolute Gasteiger partial charge is 0.394 e. The number of rotatable bonds is 3. The Morgan fingerprint density at radius 2 is 2.28 bits per heavy atom. The van der Waals surface area contributed by atoms with Crippen LogP contribution in [0.4, 0.5) is 5.69 Å². The van der Waals surface area contributed by atoms with Crippen LogP contribution in [0.1, 0.15) is 35.2 Å². The lowest BCUT2D eigenvalue weighted by Crippen LogP contribution is -2.40. The van der Waals surface area contributed by atoms with E-state index in [0.717, 1.165) is 49.0 Å². The first-order chi connectivity index (χ1) is 8.74. The van der Waals surface area contributed by atoms with Gasteiger partial charge in [0, 0.05) is 17.8 Å². The third kappa shape index (κ3) is 1.97. The van der Waals surface area contributed by atoms with E-state index in [4.69, 9.17) is 0 Å². The number of fused-ring (bicyclic) bond motifs is 1. The lowest BCUT2D eigenvalue weighted by atomic mass is 9.97. The fraction of sp³-hybridized carbons (Fsp3) is 0.500. The standard InChI is InChI=1S/C14H18N2O2/c17-9-14(6-7-14)16-13(18)11-3-1-5-12-10(11)4-2-8-15-12/h1,3,5,15,17H,2,4,6-9H2,(H,16,18). The van der Waals surface area contributed by atoms with Crippen molar-refractivity contribution in [3.05, 3.63) is 29.3 Å². The monoisotopic (exact) mass is 246 g/mol. The minimum absolute atomic E-state index is 0.0337. The number of aliphatic hydroxyl groups excluding tert-OH is 1. The summed E-state index contributed by atoms with van der Waals surface area (Å²) in [5.74, 6) is -0.0536. The first-order valence-corrected chi connectivity index (χ1v) is 6.53. The molecular weight excluding hydrogens is 228 g/mol. The molecular formula is C14H18N2O2. The highest BCUT2D eigenvalue weighted by atomic mass is 16.3. The Kier molecular flexibility index (Phi) is 2.74. The second-order valence-corrected chi connectivity index (χ2v) is 5.25. The van der Waals surface area contributed by atoms with E-state index >= 15 is 0 Å². The second-order valence-electron chi connectivity index (χ2n) is 5.25. The van der Waals surface area contributed by atoms with Gasteiger partial charge in [-0.3, -0.25) is 4.79 Å². The van der Waals surface area contributed by atoms with E-state index in [9.17, 15) is 9.90 Å². The average Bonchev–Trinajstić information content (AvgIpc) is 3.18. The number of hydrogen-bond acceptors (Lipinski definition) is 3. The van der Waals surface area contributed by atoms with Crippen LogP contribution in [0.25, 0.3) is 0 Å². The fourth-order valence-electron chi connectivity index (χ4n) is 2.50. The number of carbonyl (C=O) groups is 1. The molecule has 1 aliphatic heterocycles. The number of amides is 1. The average molecular weight is 246 g/mol. The van der Waals surface area contributed by atoms with Crippen LogP contribution in [0.15, 0.2) is 18.2 Å². The molecule has 3 N–H and O–H groups in total. The van der Waals surface area contributed by atoms with Crippen molar-refractivity contribution in [1.29, 1.82) is 0 Å². The molecule has 1 heterocycles. The molecule has 1 aromatic rings. The zero-order chi connectivity index (χ0) is 12.6. The van der Waals surface area contributed by atoms with Crippen LogP contribution in [0.2, 0.25) is 0 Å². The van der Waals surface area contributed by atoms with Gasteiger partial charge in [0.2, 0.25) is 0 Å². The molecule has 0 unspecified atom stereocenters. The molecule has 4 nitrogen and oxygen atoms in total. The van der Waals surface area contributed by atoms with Crippen molar-refractivity contribution in [1.82, 2.24) is 5.32 Å². The zero-order valence-electron chi connectivity index (χ0n) is 10.3. The van der Waals surface area contributed by atoms with Crippen molar-refractivity contribution < 1.29 is 9.90 Å². The highest BCUT2D eigenvalue weighted by Crippen LogP contribution is 2.35. The molecule has 1 aromatic carbocycles. The Hall–Kier alpha value is -1.55. The third-order valence-electron chi connectivity index (χ3n) is 3.87. The van der Waals surface area contributed by atoms with Crippen molar-refractivity contribution in [3.8, 4) is 0 Å². The van der Waals surface area contributed by atoms with Gasteiger partial charge in [0.05, 0.1) is 12.1 Å². The summed E-state index contributed by atoms with van der Waals surface area (Å²) in [4.78, 5) is 12.3. The maximum atomic E-state index is 12.3. The number of benzene rings is 1. The molecule has 2 aliphatic rings. The summed E-state index contributed by atoms with van der Waals surface area (Å²) in [6.45, 7) is 1.00. The predicted octanol–water partition coefficient (Wildman–Crippen LogP) is 1.30. The van der Waals surface area contributed by atoms with Crippen molar-refractivity contribution in [3.63, 3.8) is 0 Å². The van der Waals surface area contributed by atoms with Gasteiger partial charge in [0.1, 0.15) is 0 Å². The van der Waals surface area contributed by atoms with Gasteiger partial charge in [-0.2, -0.15) is 0 Å². The van der Waals surface area contributed by atoms with Crippen molar-refractivity contribution >= 4 is 11.6 Å². The van der Waals surface area contributed by atoms with E-state index in [1.165, 1.54) is 0 Å². The van der Waals surface area contributed by atoms with Gasteiger partial charge < -0.3 is 15.7 Å². The minimum Gasteiger partial charge on any atom is -0.394 e. The zero-order valence-corrected chi connectivity index (χ0v) is 10.3. The van der Waals surface area contributed by atoms with Crippen molar-refractivity contribution in [2.75, 3.05) is 18.5 Å². The maximum Gasteiger partial charge on any atom is 0.252 e. The summed E-state index contributed by atoms with van der Waals surface area (Å²) in [5.41, 5.74) is 2.58. The maximum absolute atomic E-state index is 12.3. The number of nitrogens with one attached hydrogen (secondary N) is 2. The van der Waals surface area contributed by atoms with Gasteiger partial charge >= 0.3 is 0 Å². The highest BCUT2D eigenvalue weighted by Gasteiger charge is 2.43.